The normalized spacial score (nSPS) is 21.1. The number of hydrogen-bond acceptors (Lipinski definition) is 15. The van der Waals surface area contributed by atoms with Gasteiger partial charge in [-0.3, -0.25) is 0 Å². The average Bonchev–Trinajstić information content (AvgIpc) is 3.92. The van der Waals surface area contributed by atoms with Crippen molar-refractivity contribution in [2.45, 2.75) is 115 Å². The summed E-state index contributed by atoms with van der Waals surface area (Å²) in [7, 11) is -3.74. The van der Waals surface area contributed by atoms with Crippen LogP contribution in [0.2, 0.25) is 39.3 Å². The molecule has 300 valence electrons. The van der Waals surface area contributed by atoms with E-state index < -0.39 is 82.2 Å². The molecule has 0 spiro atoms. The highest BCUT2D eigenvalue weighted by Crippen LogP contribution is 2.11. The third kappa shape index (κ3) is 12.7. The first-order chi connectivity index (χ1) is 24.7. The van der Waals surface area contributed by atoms with Crippen molar-refractivity contribution in [1.29, 1.82) is 0 Å². The van der Waals surface area contributed by atoms with Crippen molar-refractivity contribution in [2.75, 3.05) is 39.6 Å². The van der Waals surface area contributed by atoms with Crippen LogP contribution >= 0.6 is 0 Å². The fraction of sp³-hybridized carbons (Fsp3) is 0.800. The van der Waals surface area contributed by atoms with Gasteiger partial charge in [0, 0.05) is 0 Å². The molecule has 53 heavy (non-hydrogen) atoms. The predicted molar refractivity (Wildman–Crippen MR) is 191 cm³/mol. The van der Waals surface area contributed by atoms with Gasteiger partial charge in [0.2, 0.25) is 0 Å². The van der Waals surface area contributed by atoms with Gasteiger partial charge in [0.25, 0.3) is 0 Å². The first-order valence-corrected chi connectivity index (χ1v) is 24.2. The molecule has 21 nitrogen and oxygen atoms in total. The Balaban J connectivity index is 0.000000237. The zero-order chi connectivity index (χ0) is 39.4. The Morgan fingerprint density at radius 3 is 1.02 bits per heavy atom. The summed E-state index contributed by atoms with van der Waals surface area (Å²) < 4.78 is 31.6. The summed E-state index contributed by atoms with van der Waals surface area (Å²) in [5.74, 6) is 0. The summed E-state index contributed by atoms with van der Waals surface area (Å²) in [5, 5.41) is 39.0. The fourth-order valence-electron chi connectivity index (χ4n) is 4.92. The molecule has 3 fully saturated rings. The Kier molecular flexibility index (Phi) is 14.1. The van der Waals surface area contributed by atoms with Crippen molar-refractivity contribution in [3.63, 3.8) is 0 Å². The van der Waals surface area contributed by atoms with Crippen LogP contribution in [0.5, 0.6) is 0 Å². The molecular formula is C30H52N6O15Si2. The molecular weight excluding hydrogens is 741 g/mol. The summed E-state index contributed by atoms with van der Waals surface area (Å²) in [6.07, 6.45) is -4.18. The minimum Gasteiger partial charge on any atom is -0.415 e. The third-order valence-corrected chi connectivity index (χ3v) is 10.0. The molecule has 2 aromatic heterocycles. The number of aliphatic hydroxyl groups is 4. The Bertz CT molecular complexity index is 1870. The zero-order valence-electron chi connectivity index (χ0n) is 30.9. The molecule has 2 aromatic rings. The average molecular weight is 793 g/mol. The minimum absolute atomic E-state index is 0.0260. The van der Waals surface area contributed by atoms with Gasteiger partial charge in [-0.25, -0.2) is 56.2 Å². The van der Waals surface area contributed by atoms with Crippen LogP contribution in [0.4, 0.5) is 0 Å². The van der Waals surface area contributed by atoms with Crippen LogP contribution in [0.1, 0.15) is 0 Å². The largest absolute Gasteiger partial charge is 0.415 e. The van der Waals surface area contributed by atoms with Crippen LogP contribution < -0.4 is 34.1 Å². The summed E-state index contributed by atoms with van der Waals surface area (Å²) in [4.78, 5) is 75.6. The minimum atomic E-state index is -1.90. The lowest BCUT2D eigenvalue weighted by molar-refractivity contribution is 0.0736. The number of hydrogen-bond donors (Lipinski definition) is 4. The second kappa shape index (κ2) is 17.6. The molecule has 0 amide bonds. The smallest absolute Gasteiger partial charge is 0.336 e. The van der Waals surface area contributed by atoms with Crippen LogP contribution in [-0.2, 0) is 62.3 Å². The van der Waals surface area contributed by atoms with Crippen molar-refractivity contribution in [3.8, 4) is 0 Å². The van der Waals surface area contributed by atoms with Gasteiger partial charge in [-0.05, 0) is 39.3 Å². The maximum Gasteiger partial charge on any atom is 0.336 e. The molecule has 0 radical (unpaired) electrons. The van der Waals surface area contributed by atoms with Crippen molar-refractivity contribution < 1.29 is 43.5 Å². The molecule has 3 saturated heterocycles. The molecule has 0 bridgehead atoms. The van der Waals surface area contributed by atoms with Gasteiger partial charge in [-0.2, -0.15) is 0 Å². The van der Waals surface area contributed by atoms with Gasteiger partial charge >= 0.3 is 34.1 Å². The number of aliphatic hydroxyl groups excluding tert-OH is 4. The topological polar surface area (TPSA) is 269 Å². The number of rotatable bonds is 19. The number of nitrogens with zero attached hydrogens (tertiary/aromatic N) is 6. The molecule has 5 heterocycles. The molecule has 0 aliphatic carbocycles. The maximum absolute atomic E-state index is 12.6. The van der Waals surface area contributed by atoms with Gasteiger partial charge < -0.3 is 43.5 Å². The van der Waals surface area contributed by atoms with E-state index in [1.807, 2.05) is 39.3 Å². The van der Waals surface area contributed by atoms with E-state index >= 15 is 0 Å². The second-order valence-electron chi connectivity index (χ2n) is 15.2. The molecule has 0 aromatic carbocycles. The fourth-order valence-corrected chi connectivity index (χ4v) is 6.31. The SMILES string of the molecule is C[Si](C)(C)OCC(O)Cn1c(=O)n(CC(O)CO)c(=O)n(CC2CO2)c1=O.C[Si](C)(C)OCC(O)Cn1c(=O)n(CC2CO2)c(=O)n(CC2CO2)c1=O. The van der Waals surface area contributed by atoms with E-state index in [9.17, 15) is 44.1 Å². The van der Waals surface area contributed by atoms with Crippen LogP contribution in [0.3, 0.4) is 0 Å². The van der Waals surface area contributed by atoms with E-state index in [4.69, 9.17) is 28.2 Å². The monoisotopic (exact) mass is 792 g/mol. The van der Waals surface area contributed by atoms with Crippen molar-refractivity contribution >= 4 is 16.6 Å². The lowest BCUT2D eigenvalue weighted by Gasteiger charge is -2.21. The molecule has 0 saturated carbocycles. The zero-order valence-corrected chi connectivity index (χ0v) is 32.9. The number of ether oxygens (including phenoxy) is 3. The van der Waals surface area contributed by atoms with E-state index in [1.165, 1.54) is 0 Å². The first kappa shape index (κ1) is 42.6. The highest BCUT2D eigenvalue weighted by molar-refractivity contribution is 6.70. The second-order valence-corrected chi connectivity index (χ2v) is 24.2. The molecule has 23 heteroatoms. The van der Waals surface area contributed by atoms with E-state index in [1.54, 1.807) is 0 Å². The summed E-state index contributed by atoms with van der Waals surface area (Å²) >= 11 is 0. The van der Waals surface area contributed by atoms with Crippen LogP contribution in [-0.4, -0.2) is 141 Å². The summed E-state index contributed by atoms with van der Waals surface area (Å²) in [6.45, 7) is 11.5. The summed E-state index contributed by atoms with van der Waals surface area (Å²) in [6, 6.07) is 0. The highest BCUT2D eigenvalue weighted by Gasteiger charge is 2.31. The van der Waals surface area contributed by atoms with Crippen LogP contribution in [0.25, 0.3) is 0 Å². The standard InChI is InChI=1S/C15H27N3O8Si.C15H25N3O7Si/c1-27(2,3)26-8-11(21)5-17-13(22)16(4-10(20)7-19)14(23)18(15(17)24)6-12-9-25-12;1-26(2,3)25-7-10(19)4-16-13(20)17(5-11-8-23-11)15(22)18(14(16)21)6-12-9-24-12/h10-12,19-21H,4-9H2,1-3H3;10-12,19H,4-9H2,1-3H3. The van der Waals surface area contributed by atoms with Crippen LogP contribution in [0.15, 0.2) is 28.8 Å². The van der Waals surface area contributed by atoms with E-state index in [0.29, 0.717) is 24.4 Å². The Labute approximate surface area is 305 Å². The number of epoxide rings is 3. The first-order valence-electron chi connectivity index (χ1n) is 17.4. The quantitative estimate of drug-likeness (QED) is 0.0769. The van der Waals surface area contributed by atoms with Crippen molar-refractivity contribution in [3.05, 3.63) is 62.9 Å². The van der Waals surface area contributed by atoms with Crippen molar-refractivity contribution in [2.24, 2.45) is 0 Å². The van der Waals surface area contributed by atoms with Crippen molar-refractivity contribution in [1.82, 2.24) is 27.4 Å². The van der Waals surface area contributed by atoms with Crippen LogP contribution in [0, 0.1) is 0 Å². The molecule has 3 aliphatic heterocycles. The third-order valence-electron chi connectivity index (χ3n) is 7.94. The lowest BCUT2D eigenvalue weighted by atomic mass is 10.3. The Morgan fingerprint density at radius 1 is 0.528 bits per heavy atom. The molecule has 5 rings (SSSR count). The lowest BCUT2D eigenvalue weighted by Crippen LogP contribution is -2.57. The van der Waals surface area contributed by atoms with E-state index in [0.717, 1.165) is 22.8 Å². The molecule has 3 aliphatic rings. The molecule has 6 atom stereocenters. The highest BCUT2D eigenvalue weighted by atomic mass is 28.4. The summed E-state index contributed by atoms with van der Waals surface area (Å²) in [5.41, 5.74) is -4.86. The Morgan fingerprint density at radius 2 is 0.774 bits per heavy atom. The van der Waals surface area contributed by atoms with Gasteiger partial charge in [0.15, 0.2) is 16.6 Å². The molecule has 6 unspecified atom stereocenters. The Hall–Kier alpha value is -3.11. The van der Waals surface area contributed by atoms with E-state index in [-0.39, 0.29) is 64.2 Å². The predicted octanol–water partition coefficient (Wildman–Crippen LogP) is -4.68. The maximum atomic E-state index is 12.6. The van der Waals surface area contributed by atoms with Gasteiger partial charge in [-0.15, -0.1) is 0 Å². The van der Waals surface area contributed by atoms with E-state index in [2.05, 4.69) is 0 Å². The number of aromatic nitrogens is 6. The van der Waals surface area contributed by atoms with Gasteiger partial charge in [0.05, 0.1) is 116 Å². The van der Waals surface area contributed by atoms with Gasteiger partial charge in [-0.1, -0.05) is 0 Å². The van der Waals surface area contributed by atoms with Gasteiger partial charge in [0.1, 0.15) is 0 Å². The molecule has 4 N–H and O–H groups in total.